The van der Waals surface area contributed by atoms with Crippen LogP contribution in [0.4, 0.5) is 0 Å². The van der Waals surface area contributed by atoms with Crippen LogP contribution in [-0.4, -0.2) is 15.8 Å². The number of ketones is 1. The van der Waals surface area contributed by atoms with Gasteiger partial charge in [0.05, 0.1) is 0 Å². The molecule has 0 atom stereocenters. The summed E-state index contributed by atoms with van der Waals surface area (Å²) < 4.78 is 0. The molecule has 0 amide bonds. The third kappa shape index (κ3) is 3.47. The number of nitrogens with zero attached hydrogens (tertiary/aromatic N) is 2. The maximum Gasteiger partial charge on any atom is 0.194 e. The number of rotatable bonds is 4. The predicted octanol–water partition coefficient (Wildman–Crippen LogP) is 5.66. The summed E-state index contributed by atoms with van der Waals surface area (Å²) in [6.07, 6.45) is 7.00. The van der Waals surface area contributed by atoms with E-state index in [0.29, 0.717) is 11.1 Å². The van der Waals surface area contributed by atoms with Gasteiger partial charge >= 0.3 is 0 Å². The highest BCUT2D eigenvalue weighted by atomic mass is 16.1. The maximum atomic E-state index is 13.6. The molecule has 0 radical (unpaired) electrons. The Kier molecular flexibility index (Phi) is 4.81. The maximum absolute atomic E-state index is 13.6. The minimum absolute atomic E-state index is 0.0126. The van der Waals surface area contributed by atoms with Gasteiger partial charge in [0.25, 0.3) is 0 Å². The highest BCUT2D eigenvalue weighted by Crippen LogP contribution is 2.31. The van der Waals surface area contributed by atoms with Crippen molar-refractivity contribution in [1.82, 2.24) is 9.97 Å². The summed E-state index contributed by atoms with van der Waals surface area (Å²) in [6, 6.07) is 19.7. The molecule has 0 aliphatic carbocycles. The van der Waals surface area contributed by atoms with Crippen LogP contribution in [0.15, 0.2) is 85.5 Å². The molecular weight excluding hydrogens is 344 g/mol. The lowest BCUT2D eigenvalue weighted by molar-refractivity contribution is 0.104. The molecule has 28 heavy (non-hydrogen) atoms. The Morgan fingerprint density at radius 2 is 1.00 bits per heavy atom. The van der Waals surface area contributed by atoms with Crippen molar-refractivity contribution in [1.29, 1.82) is 0 Å². The molecule has 0 unspecified atom stereocenters. The topological polar surface area (TPSA) is 42.9 Å². The van der Waals surface area contributed by atoms with Gasteiger partial charge in [-0.2, -0.15) is 0 Å². The molecule has 0 saturated heterocycles. The number of aryl methyl sites for hydroxylation is 2. The first kappa shape index (κ1) is 17.8. The number of hydrogen-bond donors (Lipinski definition) is 0. The Morgan fingerprint density at radius 1 is 0.607 bits per heavy atom. The molecule has 0 bridgehead atoms. The van der Waals surface area contributed by atoms with Crippen molar-refractivity contribution in [2.75, 3.05) is 0 Å². The third-order valence-electron chi connectivity index (χ3n) is 4.82. The van der Waals surface area contributed by atoms with Crippen LogP contribution in [0.3, 0.4) is 0 Å². The number of benzene rings is 2. The van der Waals surface area contributed by atoms with Crippen LogP contribution in [0.25, 0.3) is 22.3 Å². The average Bonchev–Trinajstić information content (AvgIpc) is 2.74. The lowest BCUT2D eigenvalue weighted by atomic mass is 9.89. The summed E-state index contributed by atoms with van der Waals surface area (Å²) in [4.78, 5) is 21.8. The molecule has 2 aromatic carbocycles. The van der Waals surface area contributed by atoms with E-state index in [2.05, 4.69) is 22.1 Å². The third-order valence-corrected chi connectivity index (χ3v) is 4.82. The lowest BCUT2D eigenvalue weighted by Gasteiger charge is -2.14. The van der Waals surface area contributed by atoms with Crippen molar-refractivity contribution in [3.63, 3.8) is 0 Å². The summed E-state index contributed by atoms with van der Waals surface area (Å²) in [5, 5.41) is 0. The number of carbonyl (C=O) groups excluding carboxylic acids is 1. The fraction of sp³-hybridized carbons (Fsp3) is 0.0800. The minimum atomic E-state index is 0.0126. The highest BCUT2D eigenvalue weighted by molar-refractivity contribution is 6.16. The summed E-state index contributed by atoms with van der Waals surface area (Å²) in [7, 11) is 0. The van der Waals surface area contributed by atoms with E-state index in [4.69, 9.17) is 0 Å². The van der Waals surface area contributed by atoms with E-state index >= 15 is 0 Å². The van der Waals surface area contributed by atoms with Gasteiger partial charge in [-0.25, -0.2) is 0 Å². The van der Waals surface area contributed by atoms with Gasteiger partial charge in [0.1, 0.15) is 0 Å². The predicted molar refractivity (Wildman–Crippen MR) is 112 cm³/mol. The normalized spacial score (nSPS) is 10.6. The molecule has 3 heteroatoms. The molecule has 0 aliphatic heterocycles. The Labute approximate surface area is 164 Å². The molecule has 2 heterocycles. The van der Waals surface area contributed by atoms with Crippen LogP contribution in [0.2, 0.25) is 0 Å². The van der Waals surface area contributed by atoms with Gasteiger partial charge in [-0.1, -0.05) is 47.5 Å². The van der Waals surface area contributed by atoms with Crippen molar-refractivity contribution >= 4 is 5.78 Å². The number of pyridine rings is 2. The van der Waals surface area contributed by atoms with Crippen LogP contribution < -0.4 is 0 Å². The fourth-order valence-corrected chi connectivity index (χ4v) is 3.40. The first-order chi connectivity index (χ1) is 13.6. The lowest BCUT2D eigenvalue weighted by Crippen LogP contribution is -2.06. The van der Waals surface area contributed by atoms with Gasteiger partial charge in [0.15, 0.2) is 5.78 Å². The second-order valence-corrected chi connectivity index (χ2v) is 6.90. The van der Waals surface area contributed by atoms with Gasteiger partial charge in [-0.3, -0.25) is 14.8 Å². The van der Waals surface area contributed by atoms with Crippen LogP contribution >= 0.6 is 0 Å². The van der Waals surface area contributed by atoms with Crippen LogP contribution in [0.5, 0.6) is 0 Å². The zero-order valence-electron chi connectivity index (χ0n) is 15.9. The monoisotopic (exact) mass is 364 g/mol. The number of aromatic nitrogens is 2. The van der Waals surface area contributed by atoms with Gasteiger partial charge in [0, 0.05) is 35.9 Å². The molecule has 4 rings (SSSR count). The minimum Gasteiger partial charge on any atom is -0.289 e. The Hall–Kier alpha value is -3.59. The Balaban J connectivity index is 1.89. The van der Waals surface area contributed by atoms with E-state index in [1.165, 1.54) is 0 Å². The zero-order valence-corrected chi connectivity index (χ0v) is 15.9. The second-order valence-electron chi connectivity index (χ2n) is 6.90. The molecule has 3 nitrogen and oxygen atoms in total. The summed E-state index contributed by atoms with van der Waals surface area (Å²) in [6.45, 7) is 4.07. The van der Waals surface area contributed by atoms with Gasteiger partial charge in [-0.05, 0) is 60.4 Å². The molecule has 0 aliphatic rings. The SMILES string of the molecule is Cc1ccc(C(=O)c2ccc(C)cc2-c2ccncc2)c(-c2ccncc2)c1. The van der Waals surface area contributed by atoms with E-state index in [-0.39, 0.29) is 5.78 Å². The van der Waals surface area contributed by atoms with E-state index in [9.17, 15) is 4.79 Å². The fourth-order valence-electron chi connectivity index (χ4n) is 3.40. The first-order valence-corrected chi connectivity index (χ1v) is 9.20. The largest absolute Gasteiger partial charge is 0.289 e. The highest BCUT2D eigenvalue weighted by Gasteiger charge is 2.19. The standard InChI is InChI=1S/C25H20N2O/c1-17-3-5-21(23(15-17)19-7-11-26-12-8-19)25(28)22-6-4-18(2)16-24(22)20-9-13-27-14-10-20/h3-16H,1-2H3. The Bertz CT molecular complexity index is 1040. The van der Waals surface area contributed by atoms with Crippen LogP contribution in [0.1, 0.15) is 27.0 Å². The van der Waals surface area contributed by atoms with Crippen molar-refractivity contribution in [2.24, 2.45) is 0 Å². The molecule has 4 aromatic rings. The molecule has 0 fully saturated rings. The summed E-state index contributed by atoms with van der Waals surface area (Å²) in [5.74, 6) is 0.0126. The molecule has 0 spiro atoms. The van der Waals surface area contributed by atoms with E-state index in [0.717, 1.165) is 33.4 Å². The van der Waals surface area contributed by atoms with Crippen molar-refractivity contribution in [3.05, 3.63) is 108 Å². The van der Waals surface area contributed by atoms with Gasteiger partial charge in [0.2, 0.25) is 0 Å². The number of carbonyl (C=O) groups is 1. The summed E-state index contributed by atoms with van der Waals surface area (Å²) >= 11 is 0. The molecular formula is C25H20N2O. The smallest absolute Gasteiger partial charge is 0.194 e. The van der Waals surface area contributed by atoms with Crippen LogP contribution in [-0.2, 0) is 0 Å². The first-order valence-electron chi connectivity index (χ1n) is 9.20. The molecule has 0 saturated carbocycles. The summed E-state index contributed by atoms with van der Waals surface area (Å²) in [5.41, 5.74) is 7.43. The van der Waals surface area contributed by atoms with E-state index in [1.807, 2.05) is 62.4 Å². The van der Waals surface area contributed by atoms with E-state index in [1.54, 1.807) is 24.8 Å². The van der Waals surface area contributed by atoms with Crippen LogP contribution in [0, 0.1) is 13.8 Å². The van der Waals surface area contributed by atoms with Crippen molar-refractivity contribution in [3.8, 4) is 22.3 Å². The van der Waals surface area contributed by atoms with Crippen molar-refractivity contribution < 1.29 is 4.79 Å². The Morgan fingerprint density at radius 3 is 1.39 bits per heavy atom. The van der Waals surface area contributed by atoms with Gasteiger partial charge in [-0.15, -0.1) is 0 Å². The van der Waals surface area contributed by atoms with Crippen molar-refractivity contribution in [2.45, 2.75) is 13.8 Å². The van der Waals surface area contributed by atoms with E-state index < -0.39 is 0 Å². The molecule has 136 valence electrons. The quantitative estimate of drug-likeness (QED) is 0.439. The number of hydrogen-bond acceptors (Lipinski definition) is 3. The molecule has 2 aromatic heterocycles. The average molecular weight is 364 g/mol. The second kappa shape index (κ2) is 7.57. The zero-order chi connectivity index (χ0) is 19.5. The van der Waals surface area contributed by atoms with Gasteiger partial charge < -0.3 is 0 Å². The molecule has 0 N–H and O–H groups in total.